The molecule has 20 heavy (non-hydrogen) atoms. The molecule has 1 aliphatic rings. The SMILES string of the molecule is CCOC(=O)CCN1C(=O)COc2cc(CN)ccc21. The molecule has 6 heteroatoms. The summed E-state index contributed by atoms with van der Waals surface area (Å²) in [5.41, 5.74) is 7.18. The van der Waals surface area contributed by atoms with Crippen LogP contribution in [0.3, 0.4) is 0 Å². The highest BCUT2D eigenvalue weighted by molar-refractivity contribution is 5.98. The molecule has 0 aromatic heterocycles. The summed E-state index contributed by atoms with van der Waals surface area (Å²) in [7, 11) is 0. The number of ether oxygens (including phenoxy) is 2. The lowest BCUT2D eigenvalue weighted by atomic mass is 10.1. The molecule has 0 bridgehead atoms. The lowest BCUT2D eigenvalue weighted by Gasteiger charge is -2.29. The summed E-state index contributed by atoms with van der Waals surface area (Å²) in [6.45, 7) is 2.76. The molecule has 0 aliphatic carbocycles. The van der Waals surface area contributed by atoms with Crippen LogP contribution in [0.5, 0.6) is 5.75 Å². The molecule has 1 amide bonds. The molecule has 0 saturated carbocycles. The summed E-state index contributed by atoms with van der Waals surface area (Å²) in [5.74, 6) is 0.144. The number of nitrogens with two attached hydrogens (primary N) is 1. The van der Waals surface area contributed by atoms with Crippen LogP contribution >= 0.6 is 0 Å². The second-order valence-corrected chi connectivity index (χ2v) is 4.40. The van der Waals surface area contributed by atoms with E-state index in [0.717, 1.165) is 5.56 Å². The van der Waals surface area contributed by atoms with E-state index in [-0.39, 0.29) is 31.4 Å². The van der Waals surface area contributed by atoms with Crippen LogP contribution < -0.4 is 15.4 Å². The van der Waals surface area contributed by atoms with E-state index in [1.54, 1.807) is 17.9 Å². The maximum atomic E-state index is 11.9. The molecule has 1 aliphatic heterocycles. The van der Waals surface area contributed by atoms with E-state index in [4.69, 9.17) is 15.2 Å². The van der Waals surface area contributed by atoms with Crippen LogP contribution in [-0.4, -0.2) is 31.6 Å². The first kappa shape index (κ1) is 14.3. The molecular weight excluding hydrogens is 260 g/mol. The van der Waals surface area contributed by atoms with Crippen LogP contribution in [0.4, 0.5) is 5.69 Å². The van der Waals surface area contributed by atoms with Crippen LogP contribution in [0.15, 0.2) is 18.2 Å². The first-order valence-electron chi connectivity index (χ1n) is 6.57. The van der Waals surface area contributed by atoms with E-state index < -0.39 is 0 Å². The lowest BCUT2D eigenvalue weighted by molar-refractivity contribution is -0.142. The number of carbonyl (C=O) groups is 2. The van der Waals surface area contributed by atoms with Gasteiger partial charge in [-0.25, -0.2) is 0 Å². The number of nitrogens with zero attached hydrogens (tertiary/aromatic N) is 1. The maximum Gasteiger partial charge on any atom is 0.307 e. The Morgan fingerprint density at radius 2 is 2.30 bits per heavy atom. The van der Waals surface area contributed by atoms with E-state index in [1.165, 1.54) is 0 Å². The van der Waals surface area contributed by atoms with Crippen LogP contribution in [0.25, 0.3) is 0 Å². The van der Waals surface area contributed by atoms with Gasteiger partial charge in [0.05, 0.1) is 18.7 Å². The number of rotatable bonds is 5. The fourth-order valence-electron chi connectivity index (χ4n) is 2.06. The number of hydrogen-bond donors (Lipinski definition) is 1. The van der Waals surface area contributed by atoms with Crippen molar-refractivity contribution < 1.29 is 19.1 Å². The maximum absolute atomic E-state index is 11.9. The number of anilines is 1. The van der Waals surface area contributed by atoms with Gasteiger partial charge in [0.2, 0.25) is 0 Å². The Bertz CT molecular complexity index is 516. The van der Waals surface area contributed by atoms with Crippen molar-refractivity contribution in [3.63, 3.8) is 0 Å². The number of esters is 1. The van der Waals surface area contributed by atoms with Gasteiger partial charge in [-0.3, -0.25) is 9.59 Å². The molecule has 6 nitrogen and oxygen atoms in total. The molecule has 108 valence electrons. The minimum atomic E-state index is -0.313. The topological polar surface area (TPSA) is 81.9 Å². The third-order valence-corrected chi connectivity index (χ3v) is 3.05. The molecule has 0 unspecified atom stereocenters. The number of amides is 1. The summed E-state index contributed by atoms with van der Waals surface area (Å²) in [6.07, 6.45) is 0.164. The third kappa shape index (κ3) is 3.08. The van der Waals surface area contributed by atoms with E-state index in [0.29, 0.717) is 24.6 Å². The van der Waals surface area contributed by atoms with E-state index in [1.807, 2.05) is 12.1 Å². The molecule has 2 rings (SSSR count). The third-order valence-electron chi connectivity index (χ3n) is 3.05. The van der Waals surface area contributed by atoms with E-state index in [2.05, 4.69) is 0 Å². The van der Waals surface area contributed by atoms with Crippen LogP contribution in [0, 0.1) is 0 Å². The Labute approximate surface area is 117 Å². The van der Waals surface area contributed by atoms with Gasteiger partial charge in [0.25, 0.3) is 5.91 Å². The second kappa shape index (κ2) is 6.38. The fraction of sp³-hybridized carbons (Fsp3) is 0.429. The van der Waals surface area contributed by atoms with Gasteiger partial charge in [0.1, 0.15) is 5.75 Å². The van der Waals surface area contributed by atoms with E-state index >= 15 is 0 Å². The molecule has 0 radical (unpaired) electrons. The zero-order chi connectivity index (χ0) is 14.5. The number of benzene rings is 1. The highest BCUT2D eigenvalue weighted by Gasteiger charge is 2.26. The molecule has 2 N–H and O–H groups in total. The van der Waals surface area contributed by atoms with Crippen molar-refractivity contribution in [3.05, 3.63) is 23.8 Å². The Balaban J connectivity index is 2.13. The van der Waals surface area contributed by atoms with Crippen molar-refractivity contribution in [3.8, 4) is 5.75 Å². The normalized spacial score (nSPS) is 13.7. The zero-order valence-electron chi connectivity index (χ0n) is 11.4. The molecular formula is C14H18N2O4. The minimum absolute atomic E-state index is 0.0240. The first-order valence-corrected chi connectivity index (χ1v) is 6.57. The number of carbonyl (C=O) groups excluding carboxylic acids is 2. The van der Waals surface area contributed by atoms with Crippen molar-refractivity contribution in [1.82, 2.24) is 0 Å². The van der Waals surface area contributed by atoms with Crippen molar-refractivity contribution in [2.24, 2.45) is 5.73 Å². The Hall–Kier alpha value is -2.08. The molecule has 0 saturated heterocycles. The summed E-state index contributed by atoms with van der Waals surface area (Å²) in [4.78, 5) is 24.9. The monoisotopic (exact) mass is 278 g/mol. The van der Waals surface area contributed by atoms with Gasteiger partial charge in [0, 0.05) is 13.1 Å². The minimum Gasteiger partial charge on any atom is -0.482 e. The number of hydrogen-bond acceptors (Lipinski definition) is 5. The predicted molar refractivity (Wildman–Crippen MR) is 73.4 cm³/mol. The Morgan fingerprint density at radius 1 is 1.50 bits per heavy atom. The summed E-state index contributed by atoms with van der Waals surface area (Å²) >= 11 is 0. The Kier molecular flexibility index (Phi) is 4.57. The van der Waals surface area contributed by atoms with Crippen molar-refractivity contribution in [1.29, 1.82) is 0 Å². The Morgan fingerprint density at radius 3 is 3.00 bits per heavy atom. The standard InChI is InChI=1S/C14H18N2O4/c1-2-19-14(18)5-6-16-11-4-3-10(8-15)7-12(11)20-9-13(16)17/h3-4,7H,2,5-6,8-9,15H2,1H3. The second-order valence-electron chi connectivity index (χ2n) is 4.40. The van der Waals surface area contributed by atoms with Gasteiger partial charge in [-0.15, -0.1) is 0 Å². The smallest absolute Gasteiger partial charge is 0.307 e. The van der Waals surface area contributed by atoms with Crippen LogP contribution in [0.1, 0.15) is 18.9 Å². The molecule has 0 fully saturated rings. The molecule has 0 atom stereocenters. The van der Waals surface area contributed by atoms with Crippen molar-refractivity contribution in [2.45, 2.75) is 19.9 Å². The van der Waals surface area contributed by atoms with Crippen LogP contribution in [0.2, 0.25) is 0 Å². The average Bonchev–Trinajstić information content (AvgIpc) is 2.46. The molecule has 1 aromatic rings. The highest BCUT2D eigenvalue weighted by Crippen LogP contribution is 2.32. The van der Waals surface area contributed by atoms with Gasteiger partial charge in [0.15, 0.2) is 6.61 Å². The van der Waals surface area contributed by atoms with Crippen molar-refractivity contribution in [2.75, 3.05) is 24.7 Å². The molecule has 0 spiro atoms. The van der Waals surface area contributed by atoms with Gasteiger partial charge >= 0.3 is 5.97 Å². The fourth-order valence-corrected chi connectivity index (χ4v) is 2.06. The summed E-state index contributed by atoms with van der Waals surface area (Å²) < 4.78 is 10.3. The first-order chi connectivity index (χ1) is 9.65. The molecule has 1 aromatic carbocycles. The largest absolute Gasteiger partial charge is 0.482 e. The predicted octanol–water partition coefficient (Wildman–Crippen LogP) is 0.824. The van der Waals surface area contributed by atoms with E-state index in [9.17, 15) is 9.59 Å². The van der Waals surface area contributed by atoms with Gasteiger partial charge in [-0.2, -0.15) is 0 Å². The molecule has 1 heterocycles. The quantitative estimate of drug-likeness (QED) is 0.806. The number of fused-ring (bicyclic) bond motifs is 1. The van der Waals surface area contributed by atoms with Gasteiger partial charge in [-0.05, 0) is 24.6 Å². The lowest BCUT2D eigenvalue weighted by Crippen LogP contribution is -2.40. The van der Waals surface area contributed by atoms with Crippen molar-refractivity contribution >= 4 is 17.6 Å². The van der Waals surface area contributed by atoms with Gasteiger partial charge in [-0.1, -0.05) is 6.07 Å². The summed E-state index contributed by atoms with van der Waals surface area (Å²) in [6, 6.07) is 5.46. The summed E-state index contributed by atoms with van der Waals surface area (Å²) in [5, 5.41) is 0. The highest BCUT2D eigenvalue weighted by atomic mass is 16.5. The van der Waals surface area contributed by atoms with Gasteiger partial charge < -0.3 is 20.1 Å². The zero-order valence-corrected chi connectivity index (χ0v) is 11.4. The van der Waals surface area contributed by atoms with Crippen LogP contribution in [-0.2, 0) is 20.9 Å². The average molecular weight is 278 g/mol.